The van der Waals surface area contributed by atoms with Gasteiger partial charge in [-0.25, -0.2) is 0 Å². The Kier molecular flexibility index (Phi) is 7.33. The fourth-order valence-electron chi connectivity index (χ4n) is 3.65. The van der Waals surface area contributed by atoms with Crippen LogP contribution < -0.4 is 10.6 Å². The topological polar surface area (TPSA) is 67.4 Å². The number of carbonyl (C=O) groups is 2. The smallest absolute Gasteiger partial charge is 0.262 e. The molecule has 0 spiro atoms. The predicted molar refractivity (Wildman–Crippen MR) is 117 cm³/mol. The first-order valence-electron chi connectivity index (χ1n) is 9.87. The van der Waals surface area contributed by atoms with Crippen LogP contribution in [0, 0.1) is 5.92 Å². The van der Waals surface area contributed by atoms with Gasteiger partial charge in [-0.15, -0.1) is 11.3 Å². The van der Waals surface area contributed by atoms with Crippen LogP contribution in [0.1, 0.15) is 41.9 Å². The Hall–Kier alpha value is -1.89. The molecule has 2 N–H and O–H groups in total. The van der Waals surface area contributed by atoms with Gasteiger partial charge in [0.15, 0.2) is 0 Å². The van der Waals surface area contributed by atoms with Gasteiger partial charge in [0.05, 0.1) is 4.88 Å². The van der Waals surface area contributed by atoms with Gasteiger partial charge in [0.25, 0.3) is 5.91 Å². The maximum absolute atomic E-state index is 13.0. The van der Waals surface area contributed by atoms with E-state index in [4.69, 9.17) is 16.3 Å². The highest BCUT2D eigenvalue weighted by molar-refractivity contribution is 7.12. The van der Waals surface area contributed by atoms with Crippen LogP contribution in [0.3, 0.4) is 0 Å². The molecule has 1 saturated heterocycles. The van der Waals surface area contributed by atoms with Crippen molar-refractivity contribution in [2.45, 2.75) is 38.1 Å². The molecule has 7 heteroatoms. The van der Waals surface area contributed by atoms with Crippen LogP contribution in [-0.2, 0) is 14.9 Å². The summed E-state index contributed by atoms with van der Waals surface area (Å²) in [5.74, 6) is -0.405. The van der Waals surface area contributed by atoms with Crippen LogP contribution >= 0.6 is 22.9 Å². The normalized spacial score (nSPS) is 17.0. The number of benzene rings is 1. The van der Waals surface area contributed by atoms with Crippen molar-refractivity contribution < 1.29 is 14.3 Å². The number of amides is 2. The number of ether oxygens (including phenoxy) is 1. The fourth-order valence-corrected chi connectivity index (χ4v) is 4.41. The lowest BCUT2D eigenvalue weighted by Crippen LogP contribution is -2.53. The zero-order valence-electron chi connectivity index (χ0n) is 16.7. The lowest BCUT2D eigenvalue weighted by Gasteiger charge is -2.38. The van der Waals surface area contributed by atoms with E-state index in [1.54, 1.807) is 6.07 Å². The lowest BCUT2D eigenvalue weighted by atomic mass is 9.74. The van der Waals surface area contributed by atoms with Gasteiger partial charge >= 0.3 is 0 Å². The summed E-state index contributed by atoms with van der Waals surface area (Å²) >= 11 is 7.42. The molecule has 1 aromatic heterocycles. The molecule has 29 heavy (non-hydrogen) atoms. The highest BCUT2D eigenvalue weighted by atomic mass is 35.5. The molecule has 5 nitrogen and oxygen atoms in total. The van der Waals surface area contributed by atoms with Gasteiger partial charge in [0, 0.05) is 30.2 Å². The quantitative estimate of drug-likeness (QED) is 0.691. The Morgan fingerprint density at radius 2 is 1.86 bits per heavy atom. The van der Waals surface area contributed by atoms with Crippen molar-refractivity contribution >= 4 is 34.8 Å². The number of hydrogen-bond donors (Lipinski definition) is 2. The molecule has 0 bridgehead atoms. The number of hydrogen-bond acceptors (Lipinski definition) is 4. The monoisotopic (exact) mass is 434 g/mol. The van der Waals surface area contributed by atoms with Crippen LogP contribution in [0.15, 0.2) is 41.8 Å². The summed E-state index contributed by atoms with van der Waals surface area (Å²) in [6, 6.07) is 10.8. The van der Waals surface area contributed by atoms with Gasteiger partial charge in [-0.2, -0.15) is 0 Å². The van der Waals surface area contributed by atoms with Gasteiger partial charge < -0.3 is 15.4 Å². The summed E-state index contributed by atoms with van der Waals surface area (Å²) in [5.41, 5.74) is 0.951. The van der Waals surface area contributed by atoms with E-state index in [2.05, 4.69) is 10.6 Å². The van der Waals surface area contributed by atoms with E-state index in [9.17, 15) is 9.59 Å². The molecule has 0 aliphatic carbocycles. The van der Waals surface area contributed by atoms with Gasteiger partial charge in [-0.3, -0.25) is 9.59 Å². The number of nitrogens with one attached hydrogen (secondary N) is 2. The van der Waals surface area contributed by atoms with Crippen LogP contribution in [-0.4, -0.2) is 37.6 Å². The molecule has 0 radical (unpaired) electrons. The van der Waals surface area contributed by atoms with Crippen LogP contribution in [0.4, 0.5) is 0 Å². The Balaban J connectivity index is 1.70. The second kappa shape index (κ2) is 9.74. The molecule has 0 saturated carbocycles. The fraction of sp³-hybridized carbons (Fsp3) is 0.455. The molecule has 2 aromatic rings. The van der Waals surface area contributed by atoms with E-state index < -0.39 is 6.04 Å². The summed E-state index contributed by atoms with van der Waals surface area (Å²) in [4.78, 5) is 26.0. The van der Waals surface area contributed by atoms with Crippen molar-refractivity contribution in [1.82, 2.24) is 10.6 Å². The standard InChI is InChI=1S/C22H27ClN2O3S/c1-15(2)19(25-20(26)18-4-3-13-29-18)21(27)24-14-22(9-11-28-12-10-22)16-5-7-17(23)8-6-16/h3-8,13,15,19H,9-12,14H2,1-2H3,(H,24,27)(H,25,26). The molecule has 1 aromatic carbocycles. The minimum Gasteiger partial charge on any atom is -0.381 e. The van der Waals surface area contributed by atoms with Crippen molar-refractivity contribution in [2.24, 2.45) is 5.92 Å². The van der Waals surface area contributed by atoms with E-state index in [-0.39, 0.29) is 23.1 Å². The average Bonchev–Trinajstić information content (AvgIpc) is 3.26. The molecule has 1 aliphatic rings. The van der Waals surface area contributed by atoms with E-state index in [1.165, 1.54) is 11.3 Å². The van der Waals surface area contributed by atoms with Crippen molar-refractivity contribution in [3.63, 3.8) is 0 Å². The van der Waals surface area contributed by atoms with E-state index >= 15 is 0 Å². The second-order valence-corrected chi connectivity index (χ2v) is 9.17. The first-order valence-corrected chi connectivity index (χ1v) is 11.1. The summed E-state index contributed by atoms with van der Waals surface area (Å²) in [6.45, 7) is 5.67. The van der Waals surface area contributed by atoms with Gasteiger partial charge in [0.2, 0.25) is 5.91 Å². The van der Waals surface area contributed by atoms with E-state index in [0.29, 0.717) is 29.7 Å². The summed E-state index contributed by atoms with van der Waals surface area (Å²) in [7, 11) is 0. The highest BCUT2D eigenvalue weighted by Crippen LogP contribution is 2.35. The Bertz CT molecular complexity index is 815. The predicted octanol–water partition coefficient (Wildman–Crippen LogP) is 4.02. The van der Waals surface area contributed by atoms with Gasteiger partial charge in [-0.05, 0) is 47.9 Å². The molecule has 1 unspecified atom stereocenters. The first-order chi connectivity index (χ1) is 13.9. The largest absolute Gasteiger partial charge is 0.381 e. The third kappa shape index (κ3) is 5.38. The summed E-state index contributed by atoms with van der Waals surface area (Å²) in [6.07, 6.45) is 1.64. The number of carbonyl (C=O) groups excluding carboxylic acids is 2. The minimum absolute atomic E-state index is 0.0277. The summed E-state index contributed by atoms with van der Waals surface area (Å²) in [5, 5.41) is 8.52. The van der Waals surface area contributed by atoms with Crippen LogP contribution in [0.2, 0.25) is 5.02 Å². The van der Waals surface area contributed by atoms with Crippen LogP contribution in [0.5, 0.6) is 0 Å². The molecule has 1 aliphatic heterocycles. The lowest BCUT2D eigenvalue weighted by molar-refractivity contribution is -0.124. The van der Waals surface area contributed by atoms with E-state index in [1.807, 2.05) is 49.6 Å². The average molecular weight is 435 g/mol. The van der Waals surface area contributed by atoms with Crippen molar-refractivity contribution in [1.29, 1.82) is 0 Å². The van der Waals surface area contributed by atoms with Crippen LogP contribution in [0.25, 0.3) is 0 Å². The zero-order valence-corrected chi connectivity index (χ0v) is 18.3. The molecular weight excluding hydrogens is 408 g/mol. The maximum Gasteiger partial charge on any atom is 0.262 e. The second-order valence-electron chi connectivity index (χ2n) is 7.79. The molecule has 2 amide bonds. The summed E-state index contributed by atoms with van der Waals surface area (Å²) < 4.78 is 5.56. The molecule has 1 atom stereocenters. The van der Waals surface area contributed by atoms with Gasteiger partial charge in [0.1, 0.15) is 6.04 Å². The Labute approximate surface area is 180 Å². The van der Waals surface area contributed by atoms with Gasteiger partial charge in [-0.1, -0.05) is 43.6 Å². The molecular formula is C22H27ClN2O3S. The third-order valence-electron chi connectivity index (χ3n) is 5.49. The molecule has 1 fully saturated rings. The molecule has 156 valence electrons. The van der Waals surface area contributed by atoms with E-state index in [0.717, 1.165) is 18.4 Å². The molecule has 3 rings (SSSR count). The number of halogens is 1. The van der Waals surface area contributed by atoms with Crippen molar-refractivity contribution in [3.05, 3.63) is 57.2 Å². The highest BCUT2D eigenvalue weighted by Gasteiger charge is 2.36. The Morgan fingerprint density at radius 1 is 1.17 bits per heavy atom. The number of thiophene rings is 1. The third-order valence-corrected chi connectivity index (χ3v) is 6.61. The minimum atomic E-state index is -0.591. The zero-order chi connectivity index (χ0) is 20.9. The Morgan fingerprint density at radius 3 is 2.45 bits per heavy atom. The van der Waals surface area contributed by atoms with Crippen molar-refractivity contribution in [2.75, 3.05) is 19.8 Å². The SMILES string of the molecule is CC(C)C(NC(=O)c1cccs1)C(=O)NCC1(c2ccc(Cl)cc2)CCOCC1. The van der Waals surface area contributed by atoms with Crippen molar-refractivity contribution in [3.8, 4) is 0 Å². The molecule has 2 heterocycles. The first kappa shape index (κ1) is 21.8. The number of rotatable bonds is 7. The maximum atomic E-state index is 13.0.